The monoisotopic (exact) mass is 343 g/mol. The number of ether oxygens (including phenoxy) is 1. The number of nitrogens with one attached hydrogen (secondary N) is 1. The second kappa shape index (κ2) is 6.35. The van der Waals surface area contributed by atoms with Gasteiger partial charge in [0.15, 0.2) is 5.75 Å². The number of benzene rings is 1. The summed E-state index contributed by atoms with van der Waals surface area (Å²) in [5.74, 6) is 0.766. The lowest BCUT2D eigenvalue weighted by Gasteiger charge is -2.18. The molecule has 0 aliphatic heterocycles. The van der Waals surface area contributed by atoms with Gasteiger partial charge in [0.25, 0.3) is 0 Å². The van der Waals surface area contributed by atoms with Crippen LogP contribution in [-0.4, -0.2) is 6.61 Å². The zero-order valence-electron chi connectivity index (χ0n) is 10.7. The number of rotatable bonds is 5. The predicted molar refractivity (Wildman–Crippen MR) is 81.1 cm³/mol. The van der Waals surface area contributed by atoms with E-state index < -0.39 is 0 Å². The van der Waals surface area contributed by atoms with Crippen LogP contribution < -0.4 is 10.1 Å². The Morgan fingerprint density at radius 2 is 2.26 bits per heavy atom. The topological polar surface area (TPSA) is 34.4 Å². The molecule has 0 fully saturated rings. The fraction of sp³-hybridized carbons (Fsp3) is 0.286. The van der Waals surface area contributed by atoms with Crippen LogP contribution in [0, 0.1) is 0 Å². The first-order valence-electron chi connectivity index (χ1n) is 6.02. The Morgan fingerprint density at radius 3 is 2.89 bits per heavy atom. The molecule has 1 N–H and O–H groups in total. The van der Waals surface area contributed by atoms with Crippen molar-refractivity contribution >= 4 is 33.2 Å². The van der Waals surface area contributed by atoms with Crippen LogP contribution in [0.5, 0.6) is 5.75 Å². The van der Waals surface area contributed by atoms with Gasteiger partial charge in [-0.15, -0.1) is 0 Å². The van der Waals surface area contributed by atoms with Crippen molar-refractivity contribution in [3.8, 4) is 5.75 Å². The molecule has 3 nitrogen and oxygen atoms in total. The summed E-state index contributed by atoms with van der Waals surface area (Å²) >= 11 is 9.56. The maximum atomic E-state index is 6.09. The second-order valence-electron chi connectivity index (χ2n) is 4.12. The third-order valence-electron chi connectivity index (χ3n) is 2.71. The molecule has 2 rings (SSSR count). The van der Waals surface area contributed by atoms with E-state index in [1.807, 2.05) is 25.1 Å². The van der Waals surface area contributed by atoms with Crippen molar-refractivity contribution in [3.63, 3.8) is 0 Å². The van der Waals surface area contributed by atoms with Gasteiger partial charge >= 0.3 is 0 Å². The summed E-state index contributed by atoms with van der Waals surface area (Å²) in [5, 5.41) is 4.03. The quantitative estimate of drug-likeness (QED) is 0.802. The van der Waals surface area contributed by atoms with Crippen LogP contribution in [0.4, 0.5) is 5.69 Å². The van der Waals surface area contributed by atoms with E-state index in [1.165, 1.54) is 0 Å². The number of halogens is 2. The fourth-order valence-electron chi connectivity index (χ4n) is 1.80. The van der Waals surface area contributed by atoms with Gasteiger partial charge in [-0.2, -0.15) is 0 Å². The lowest BCUT2D eigenvalue weighted by molar-refractivity contribution is 0.339. The molecule has 0 bridgehead atoms. The first kappa shape index (κ1) is 14.3. The number of hydrogen-bond acceptors (Lipinski definition) is 3. The van der Waals surface area contributed by atoms with E-state index in [1.54, 1.807) is 12.5 Å². The summed E-state index contributed by atoms with van der Waals surface area (Å²) in [6.07, 6.45) is 3.38. The minimum absolute atomic E-state index is 0.100. The molecule has 2 aromatic rings. The van der Waals surface area contributed by atoms with E-state index in [4.69, 9.17) is 20.8 Å². The van der Waals surface area contributed by atoms with Crippen LogP contribution >= 0.6 is 27.5 Å². The minimum Gasteiger partial charge on any atom is -0.491 e. The van der Waals surface area contributed by atoms with Gasteiger partial charge in [-0.3, -0.25) is 0 Å². The maximum absolute atomic E-state index is 6.09. The molecule has 0 aliphatic rings. The summed E-state index contributed by atoms with van der Waals surface area (Å²) < 4.78 is 11.6. The van der Waals surface area contributed by atoms with Crippen LogP contribution in [0.15, 0.2) is 39.6 Å². The summed E-state index contributed by atoms with van der Waals surface area (Å²) in [6, 6.07) is 5.70. The fourth-order valence-corrected chi connectivity index (χ4v) is 2.72. The van der Waals surface area contributed by atoms with Crippen LogP contribution in [0.1, 0.15) is 25.5 Å². The van der Waals surface area contributed by atoms with E-state index in [0.29, 0.717) is 11.6 Å². The normalized spacial score (nSPS) is 12.2. The highest BCUT2D eigenvalue weighted by atomic mass is 79.9. The molecule has 0 saturated heterocycles. The molecule has 1 aromatic carbocycles. The van der Waals surface area contributed by atoms with Gasteiger partial charge in [0.1, 0.15) is 0 Å². The zero-order chi connectivity index (χ0) is 13.8. The molecule has 19 heavy (non-hydrogen) atoms. The molecule has 5 heteroatoms. The second-order valence-corrected chi connectivity index (χ2v) is 5.41. The van der Waals surface area contributed by atoms with E-state index in [2.05, 4.69) is 28.2 Å². The highest BCUT2D eigenvalue weighted by Gasteiger charge is 2.14. The largest absolute Gasteiger partial charge is 0.491 e. The number of furan rings is 1. The van der Waals surface area contributed by atoms with Crippen LogP contribution in [0.25, 0.3) is 0 Å². The lowest BCUT2D eigenvalue weighted by Crippen LogP contribution is -2.08. The summed E-state index contributed by atoms with van der Waals surface area (Å²) in [7, 11) is 0. The SMILES string of the molecule is CCOc1c(Br)cc(Cl)cc1NC(C)c1ccoc1. The molecular formula is C14H15BrClNO2. The van der Waals surface area contributed by atoms with Crippen LogP contribution in [0.3, 0.4) is 0 Å². The Hall–Kier alpha value is -1.13. The molecule has 0 spiro atoms. The van der Waals surface area contributed by atoms with Crippen molar-refractivity contribution in [2.75, 3.05) is 11.9 Å². The Morgan fingerprint density at radius 1 is 1.47 bits per heavy atom. The average molecular weight is 345 g/mol. The third-order valence-corrected chi connectivity index (χ3v) is 3.52. The smallest absolute Gasteiger partial charge is 0.156 e. The Labute approximate surface area is 126 Å². The van der Waals surface area contributed by atoms with Crippen molar-refractivity contribution in [3.05, 3.63) is 45.8 Å². The minimum atomic E-state index is 0.100. The molecule has 1 atom stereocenters. The van der Waals surface area contributed by atoms with Gasteiger partial charge in [-0.05, 0) is 48.0 Å². The first-order chi connectivity index (χ1) is 9.11. The molecule has 1 aromatic heterocycles. The standard InChI is InChI=1S/C14H15BrClNO2/c1-3-19-14-12(15)6-11(16)7-13(14)17-9(2)10-4-5-18-8-10/h4-9,17H,3H2,1-2H3. The van der Waals surface area contributed by atoms with E-state index in [9.17, 15) is 0 Å². The third kappa shape index (κ3) is 3.45. The number of hydrogen-bond donors (Lipinski definition) is 1. The Kier molecular flexibility index (Phi) is 4.77. The van der Waals surface area contributed by atoms with Gasteiger partial charge in [0.05, 0.1) is 35.3 Å². The average Bonchev–Trinajstić information content (AvgIpc) is 2.87. The molecular weight excluding hydrogens is 330 g/mol. The summed E-state index contributed by atoms with van der Waals surface area (Å²) in [6.45, 7) is 4.59. The highest BCUT2D eigenvalue weighted by Crippen LogP contribution is 2.38. The highest BCUT2D eigenvalue weighted by molar-refractivity contribution is 9.10. The zero-order valence-corrected chi connectivity index (χ0v) is 13.1. The van der Waals surface area contributed by atoms with Gasteiger partial charge < -0.3 is 14.5 Å². The molecule has 0 saturated carbocycles. The Bertz CT molecular complexity index is 543. The van der Waals surface area contributed by atoms with Crippen molar-refractivity contribution in [1.82, 2.24) is 0 Å². The summed E-state index contributed by atoms with van der Waals surface area (Å²) in [5.41, 5.74) is 1.92. The van der Waals surface area contributed by atoms with Crippen molar-refractivity contribution in [2.45, 2.75) is 19.9 Å². The molecule has 0 amide bonds. The predicted octanol–water partition coefficient (Wildman–Crippen LogP) is 5.27. The van der Waals surface area contributed by atoms with Crippen LogP contribution in [0.2, 0.25) is 5.02 Å². The molecule has 1 heterocycles. The molecule has 0 radical (unpaired) electrons. The van der Waals surface area contributed by atoms with E-state index in [0.717, 1.165) is 21.5 Å². The number of anilines is 1. The van der Waals surface area contributed by atoms with Gasteiger partial charge in [-0.1, -0.05) is 11.6 Å². The van der Waals surface area contributed by atoms with Crippen molar-refractivity contribution in [1.29, 1.82) is 0 Å². The van der Waals surface area contributed by atoms with Gasteiger partial charge in [-0.25, -0.2) is 0 Å². The van der Waals surface area contributed by atoms with E-state index >= 15 is 0 Å². The van der Waals surface area contributed by atoms with Crippen molar-refractivity contribution in [2.24, 2.45) is 0 Å². The van der Waals surface area contributed by atoms with E-state index in [-0.39, 0.29) is 6.04 Å². The van der Waals surface area contributed by atoms with Gasteiger partial charge in [0, 0.05) is 10.6 Å². The Balaban J connectivity index is 2.28. The molecule has 102 valence electrons. The maximum Gasteiger partial charge on any atom is 0.156 e. The lowest BCUT2D eigenvalue weighted by atomic mass is 10.1. The summed E-state index contributed by atoms with van der Waals surface area (Å²) in [4.78, 5) is 0. The first-order valence-corrected chi connectivity index (χ1v) is 7.19. The van der Waals surface area contributed by atoms with Gasteiger partial charge in [0.2, 0.25) is 0 Å². The molecule has 0 aliphatic carbocycles. The van der Waals surface area contributed by atoms with Crippen LogP contribution in [-0.2, 0) is 0 Å². The van der Waals surface area contributed by atoms with Crippen molar-refractivity contribution < 1.29 is 9.15 Å². The molecule has 1 unspecified atom stereocenters.